The fourth-order valence-electron chi connectivity index (χ4n) is 1.72. The number of hydrogen-bond acceptors (Lipinski definition) is 4. The number of carbonyl (C=O) groups is 2. The maximum Gasteiger partial charge on any atom is 0.239 e. The highest BCUT2D eigenvalue weighted by Crippen LogP contribution is 2.13. The van der Waals surface area contributed by atoms with Gasteiger partial charge in [-0.15, -0.1) is 0 Å². The van der Waals surface area contributed by atoms with Crippen molar-refractivity contribution >= 4 is 11.8 Å². The van der Waals surface area contributed by atoms with Gasteiger partial charge in [0.15, 0.2) is 0 Å². The lowest BCUT2D eigenvalue weighted by Crippen LogP contribution is -2.45. The van der Waals surface area contributed by atoms with Crippen molar-refractivity contribution in [3.63, 3.8) is 0 Å². The van der Waals surface area contributed by atoms with Crippen molar-refractivity contribution in [3.05, 3.63) is 0 Å². The predicted octanol–water partition coefficient (Wildman–Crippen LogP) is -1.06. The molecule has 2 amide bonds. The Morgan fingerprint density at radius 3 is 2.71 bits per heavy atom. The normalized spacial score (nSPS) is 23.5. The number of ether oxygens (including phenoxy) is 1. The third-order valence-electron chi connectivity index (χ3n) is 2.77. The molecule has 1 aliphatic rings. The van der Waals surface area contributed by atoms with Crippen LogP contribution in [0.1, 0.15) is 13.3 Å². The molecule has 1 fully saturated rings. The monoisotopic (exact) mass is 243 g/mol. The average Bonchev–Trinajstić information content (AvgIpc) is 2.71. The van der Waals surface area contributed by atoms with Gasteiger partial charge in [-0.05, 0) is 6.42 Å². The third-order valence-corrected chi connectivity index (χ3v) is 2.77. The molecule has 0 aromatic heterocycles. The van der Waals surface area contributed by atoms with Gasteiger partial charge in [0.05, 0.1) is 25.7 Å². The molecule has 0 aromatic rings. The second-order valence-electron chi connectivity index (χ2n) is 4.35. The van der Waals surface area contributed by atoms with Gasteiger partial charge in [0.25, 0.3) is 0 Å². The topological polar surface area (TPSA) is 84.7 Å². The molecule has 0 radical (unpaired) electrons. The quantitative estimate of drug-likeness (QED) is 0.645. The van der Waals surface area contributed by atoms with E-state index in [0.717, 1.165) is 6.42 Å². The molecular formula is C11H21N3O3. The summed E-state index contributed by atoms with van der Waals surface area (Å²) in [6.07, 6.45) is 0.880. The Morgan fingerprint density at radius 1 is 1.47 bits per heavy atom. The number of hydrogen-bond donors (Lipinski definition) is 2. The summed E-state index contributed by atoms with van der Waals surface area (Å²) < 4.78 is 5.14. The summed E-state index contributed by atoms with van der Waals surface area (Å²) in [5.74, 6) is -0.587. The number of carbonyl (C=O) groups excluding carboxylic acids is 2. The van der Waals surface area contributed by atoms with Crippen LogP contribution >= 0.6 is 0 Å². The maximum atomic E-state index is 12.0. The van der Waals surface area contributed by atoms with E-state index in [1.54, 1.807) is 7.05 Å². The second-order valence-corrected chi connectivity index (χ2v) is 4.35. The fraction of sp³-hybridized carbons (Fsp3) is 0.818. The van der Waals surface area contributed by atoms with Gasteiger partial charge in [0.2, 0.25) is 11.8 Å². The molecule has 17 heavy (non-hydrogen) atoms. The molecule has 6 nitrogen and oxygen atoms in total. The smallest absolute Gasteiger partial charge is 0.239 e. The van der Waals surface area contributed by atoms with Crippen molar-refractivity contribution in [1.29, 1.82) is 0 Å². The molecule has 0 bridgehead atoms. The number of nitrogens with zero attached hydrogens (tertiary/aromatic N) is 1. The number of nitrogens with two attached hydrogens (primary N) is 1. The fourth-order valence-corrected chi connectivity index (χ4v) is 1.72. The minimum atomic E-state index is -0.320. The van der Waals surface area contributed by atoms with E-state index < -0.39 is 0 Å². The summed E-state index contributed by atoms with van der Waals surface area (Å²) in [5, 5.41) is 2.72. The molecule has 0 spiro atoms. The van der Waals surface area contributed by atoms with Gasteiger partial charge in [0.1, 0.15) is 0 Å². The van der Waals surface area contributed by atoms with Crippen LogP contribution in [-0.2, 0) is 14.3 Å². The van der Waals surface area contributed by atoms with Crippen LogP contribution in [0.15, 0.2) is 0 Å². The van der Waals surface area contributed by atoms with E-state index in [1.807, 2.05) is 6.92 Å². The Bertz CT molecular complexity index is 283. The Kier molecular flexibility index (Phi) is 5.37. The minimum absolute atomic E-state index is 0.0715. The molecule has 1 heterocycles. The van der Waals surface area contributed by atoms with Crippen LogP contribution < -0.4 is 11.1 Å². The van der Waals surface area contributed by atoms with E-state index in [9.17, 15) is 9.59 Å². The van der Waals surface area contributed by atoms with E-state index in [-0.39, 0.29) is 30.3 Å². The Balaban J connectivity index is 2.38. The van der Waals surface area contributed by atoms with E-state index in [4.69, 9.17) is 10.5 Å². The maximum absolute atomic E-state index is 12.0. The van der Waals surface area contributed by atoms with Crippen LogP contribution in [0.25, 0.3) is 0 Å². The molecule has 1 rings (SSSR count). The number of rotatable bonds is 5. The largest absolute Gasteiger partial charge is 0.379 e. The average molecular weight is 243 g/mol. The first-order valence-corrected chi connectivity index (χ1v) is 5.91. The first-order valence-electron chi connectivity index (χ1n) is 5.91. The number of amides is 2. The van der Waals surface area contributed by atoms with Gasteiger partial charge in [0, 0.05) is 19.6 Å². The van der Waals surface area contributed by atoms with E-state index in [1.165, 1.54) is 4.90 Å². The molecule has 0 aliphatic carbocycles. The summed E-state index contributed by atoms with van der Waals surface area (Å²) in [4.78, 5) is 24.8. The van der Waals surface area contributed by atoms with Crippen LogP contribution in [0, 0.1) is 5.92 Å². The van der Waals surface area contributed by atoms with Gasteiger partial charge in [-0.3, -0.25) is 9.59 Å². The standard InChI is InChI=1S/C11H21N3O3/c1-3-4-13-10(15)5-14(2)11(16)8-6-17-7-9(8)12/h8-9H,3-7,12H2,1-2H3,(H,13,15). The molecule has 6 heteroatoms. The molecular weight excluding hydrogens is 222 g/mol. The van der Waals surface area contributed by atoms with Gasteiger partial charge in [-0.2, -0.15) is 0 Å². The van der Waals surface area contributed by atoms with Crippen molar-refractivity contribution in [3.8, 4) is 0 Å². The van der Waals surface area contributed by atoms with Crippen molar-refractivity contribution in [2.45, 2.75) is 19.4 Å². The van der Waals surface area contributed by atoms with Crippen LogP contribution in [0.2, 0.25) is 0 Å². The highest BCUT2D eigenvalue weighted by atomic mass is 16.5. The van der Waals surface area contributed by atoms with Crippen LogP contribution in [-0.4, -0.2) is 56.1 Å². The highest BCUT2D eigenvalue weighted by molar-refractivity contribution is 5.86. The Hall–Kier alpha value is -1.14. The number of likely N-dealkylation sites (N-methyl/N-ethyl adjacent to an activating group) is 1. The van der Waals surface area contributed by atoms with Crippen molar-refractivity contribution in [2.24, 2.45) is 11.7 Å². The van der Waals surface area contributed by atoms with Crippen LogP contribution in [0.5, 0.6) is 0 Å². The summed E-state index contributed by atoms with van der Waals surface area (Å²) >= 11 is 0. The lowest BCUT2D eigenvalue weighted by molar-refractivity contribution is -0.138. The lowest BCUT2D eigenvalue weighted by Gasteiger charge is -2.21. The Morgan fingerprint density at radius 2 is 2.18 bits per heavy atom. The highest BCUT2D eigenvalue weighted by Gasteiger charge is 2.33. The zero-order valence-corrected chi connectivity index (χ0v) is 10.4. The Labute approximate surface area is 101 Å². The SMILES string of the molecule is CCCNC(=O)CN(C)C(=O)C1COCC1N. The van der Waals surface area contributed by atoms with Crippen molar-refractivity contribution in [1.82, 2.24) is 10.2 Å². The van der Waals surface area contributed by atoms with Crippen molar-refractivity contribution in [2.75, 3.05) is 33.4 Å². The van der Waals surface area contributed by atoms with Gasteiger partial charge in [-0.1, -0.05) is 6.92 Å². The van der Waals surface area contributed by atoms with Crippen LogP contribution in [0.3, 0.4) is 0 Å². The summed E-state index contributed by atoms with van der Waals surface area (Å²) in [6.45, 7) is 3.44. The molecule has 0 aromatic carbocycles. The van der Waals surface area contributed by atoms with Gasteiger partial charge in [-0.25, -0.2) is 0 Å². The molecule has 1 aliphatic heterocycles. The zero-order chi connectivity index (χ0) is 12.8. The first-order chi connectivity index (χ1) is 8.06. The molecule has 2 atom stereocenters. The minimum Gasteiger partial charge on any atom is -0.379 e. The summed E-state index contributed by atoms with van der Waals surface area (Å²) in [6, 6.07) is -0.261. The molecule has 3 N–H and O–H groups in total. The van der Waals surface area contributed by atoms with Crippen molar-refractivity contribution < 1.29 is 14.3 Å². The molecule has 0 saturated carbocycles. The summed E-state index contributed by atoms with van der Waals surface area (Å²) in [5.41, 5.74) is 5.76. The first kappa shape index (κ1) is 13.9. The lowest BCUT2D eigenvalue weighted by atomic mass is 10.0. The van der Waals surface area contributed by atoms with E-state index >= 15 is 0 Å². The molecule has 98 valence electrons. The zero-order valence-electron chi connectivity index (χ0n) is 10.4. The molecule has 1 saturated heterocycles. The predicted molar refractivity (Wildman–Crippen MR) is 63.2 cm³/mol. The summed E-state index contributed by atoms with van der Waals surface area (Å²) in [7, 11) is 1.61. The van der Waals surface area contributed by atoms with E-state index in [2.05, 4.69) is 5.32 Å². The molecule has 2 unspecified atom stereocenters. The second kappa shape index (κ2) is 6.56. The number of nitrogens with one attached hydrogen (secondary N) is 1. The van der Waals surface area contributed by atoms with E-state index in [0.29, 0.717) is 19.8 Å². The van der Waals surface area contributed by atoms with Gasteiger partial charge >= 0.3 is 0 Å². The third kappa shape index (κ3) is 3.98. The van der Waals surface area contributed by atoms with Crippen LogP contribution in [0.4, 0.5) is 0 Å². The van der Waals surface area contributed by atoms with Gasteiger partial charge < -0.3 is 20.7 Å².